The molecule has 0 fully saturated rings. The third-order valence-electron chi connectivity index (χ3n) is 3.41. The van der Waals surface area contributed by atoms with Crippen LogP contribution in [-0.2, 0) is 11.2 Å². The lowest BCUT2D eigenvalue weighted by molar-refractivity contribution is 0.0173. The third kappa shape index (κ3) is 5.06. The fraction of sp³-hybridized carbons (Fsp3) is 0.588. The molecule has 19 heavy (non-hydrogen) atoms. The van der Waals surface area contributed by atoms with Gasteiger partial charge in [0.15, 0.2) is 0 Å². The van der Waals surface area contributed by atoms with Gasteiger partial charge < -0.3 is 4.74 Å². The lowest BCUT2D eigenvalue weighted by Gasteiger charge is -2.19. The normalized spacial score (nSPS) is 12.5. The molecule has 0 aliphatic carbocycles. The van der Waals surface area contributed by atoms with Crippen LogP contribution in [0.3, 0.4) is 0 Å². The molecule has 0 heterocycles. The molecule has 0 N–H and O–H groups in total. The summed E-state index contributed by atoms with van der Waals surface area (Å²) in [5.74, 6) is 0.153. The van der Waals surface area contributed by atoms with Gasteiger partial charge in [0.2, 0.25) is 0 Å². The largest absolute Gasteiger partial charge is 0.459 e. The van der Waals surface area contributed by atoms with Crippen LogP contribution in [0.5, 0.6) is 0 Å². The summed E-state index contributed by atoms with van der Waals surface area (Å²) in [5.41, 5.74) is 1.94. The van der Waals surface area contributed by atoms with Gasteiger partial charge in [0.1, 0.15) is 6.10 Å². The van der Waals surface area contributed by atoms with Gasteiger partial charge in [-0.1, -0.05) is 46.2 Å². The van der Waals surface area contributed by atoms with E-state index in [0.717, 1.165) is 12.8 Å². The van der Waals surface area contributed by atoms with E-state index in [1.165, 1.54) is 18.4 Å². The predicted molar refractivity (Wildman–Crippen MR) is 79.4 cm³/mol. The first-order valence-corrected chi connectivity index (χ1v) is 7.38. The molecule has 1 aromatic rings. The van der Waals surface area contributed by atoms with Crippen LogP contribution in [0, 0.1) is 5.92 Å². The molecule has 0 amide bonds. The van der Waals surface area contributed by atoms with Gasteiger partial charge >= 0.3 is 5.97 Å². The van der Waals surface area contributed by atoms with Crippen LogP contribution in [0.1, 0.15) is 62.9 Å². The van der Waals surface area contributed by atoms with Crippen LogP contribution in [0.4, 0.5) is 0 Å². The van der Waals surface area contributed by atoms with Crippen molar-refractivity contribution in [1.82, 2.24) is 0 Å². The second-order valence-corrected chi connectivity index (χ2v) is 5.40. The predicted octanol–water partition coefficient (Wildman–Crippen LogP) is 4.62. The number of carbonyl (C=O) groups excluding carboxylic acids is 1. The van der Waals surface area contributed by atoms with Crippen molar-refractivity contribution in [3.05, 3.63) is 35.4 Å². The zero-order valence-corrected chi connectivity index (χ0v) is 12.6. The van der Waals surface area contributed by atoms with Crippen molar-refractivity contribution in [2.75, 3.05) is 0 Å². The number of hydrogen-bond donors (Lipinski definition) is 0. The van der Waals surface area contributed by atoms with E-state index in [1.54, 1.807) is 0 Å². The highest BCUT2D eigenvalue weighted by atomic mass is 16.5. The van der Waals surface area contributed by atoms with Crippen LogP contribution < -0.4 is 0 Å². The summed E-state index contributed by atoms with van der Waals surface area (Å²) >= 11 is 0. The molecule has 0 spiro atoms. The number of aryl methyl sites for hydroxylation is 1. The zero-order chi connectivity index (χ0) is 14.3. The monoisotopic (exact) mass is 262 g/mol. The van der Waals surface area contributed by atoms with Crippen molar-refractivity contribution in [2.24, 2.45) is 5.92 Å². The summed E-state index contributed by atoms with van der Waals surface area (Å²) < 4.78 is 5.53. The Balaban J connectivity index is 2.62. The highest BCUT2D eigenvalue weighted by Crippen LogP contribution is 2.14. The first kappa shape index (κ1) is 15.7. The fourth-order valence-electron chi connectivity index (χ4n) is 2.08. The van der Waals surface area contributed by atoms with Crippen molar-refractivity contribution in [3.8, 4) is 0 Å². The van der Waals surface area contributed by atoms with Gasteiger partial charge in [0, 0.05) is 0 Å². The van der Waals surface area contributed by atoms with Gasteiger partial charge in [-0.2, -0.15) is 0 Å². The average molecular weight is 262 g/mol. The molecule has 0 saturated carbocycles. The fourth-order valence-corrected chi connectivity index (χ4v) is 2.08. The lowest BCUT2D eigenvalue weighted by atomic mass is 10.0. The summed E-state index contributed by atoms with van der Waals surface area (Å²) in [6, 6.07) is 7.81. The van der Waals surface area contributed by atoms with Crippen LogP contribution in [0.25, 0.3) is 0 Å². The SMILES string of the molecule is CCCCc1ccc(C(=O)OC(CC)C(C)C)cc1. The summed E-state index contributed by atoms with van der Waals surface area (Å²) in [7, 11) is 0. The number of unbranched alkanes of at least 4 members (excludes halogenated alkanes) is 1. The third-order valence-corrected chi connectivity index (χ3v) is 3.41. The minimum absolute atomic E-state index is 0.00673. The molecule has 0 aromatic heterocycles. The van der Waals surface area contributed by atoms with Gasteiger partial charge in [-0.15, -0.1) is 0 Å². The maximum Gasteiger partial charge on any atom is 0.338 e. The first-order valence-electron chi connectivity index (χ1n) is 7.38. The van der Waals surface area contributed by atoms with Gasteiger partial charge in [-0.3, -0.25) is 0 Å². The second kappa shape index (κ2) is 7.98. The number of hydrogen-bond acceptors (Lipinski definition) is 2. The summed E-state index contributed by atoms with van der Waals surface area (Å²) in [6.45, 7) is 8.39. The Kier molecular flexibility index (Phi) is 6.61. The molecule has 0 aliphatic rings. The molecule has 0 radical (unpaired) electrons. The van der Waals surface area contributed by atoms with Crippen molar-refractivity contribution in [2.45, 2.75) is 59.5 Å². The molecule has 1 atom stereocenters. The van der Waals surface area contributed by atoms with Crippen molar-refractivity contribution in [1.29, 1.82) is 0 Å². The number of ether oxygens (including phenoxy) is 1. The molecule has 1 aromatic carbocycles. The highest BCUT2D eigenvalue weighted by molar-refractivity contribution is 5.89. The smallest absolute Gasteiger partial charge is 0.338 e. The number of benzene rings is 1. The molecule has 2 heteroatoms. The molecule has 0 aliphatic heterocycles. The Morgan fingerprint density at radius 2 is 1.79 bits per heavy atom. The molecule has 0 saturated heterocycles. The zero-order valence-electron chi connectivity index (χ0n) is 12.6. The molecule has 1 unspecified atom stereocenters. The number of esters is 1. The van der Waals surface area contributed by atoms with E-state index in [1.807, 2.05) is 31.2 Å². The Morgan fingerprint density at radius 1 is 1.16 bits per heavy atom. The Hall–Kier alpha value is -1.31. The summed E-state index contributed by atoms with van der Waals surface area (Å²) in [5, 5.41) is 0. The first-order chi connectivity index (χ1) is 9.08. The quantitative estimate of drug-likeness (QED) is 0.670. The minimum atomic E-state index is -0.206. The topological polar surface area (TPSA) is 26.3 Å². The maximum absolute atomic E-state index is 12.0. The van der Waals surface area contributed by atoms with Gasteiger partial charge in [-0.25, -0.2) is 4.79 Å². The number of rotatable bonds is 7. The van der Waals surface area contributed by atoms with Gasteiger partial charge in [0.25, 0.3) is 0 Å². The molecular formula is C17H26O2. The molecule has 1 rings (SSSR count). The van der Waals surface area contributed by atoms with Crippen LogP contribution in [0.15, 0.2) is 24.3 Å². The van der Waals surface area contributed by atoms with Crippen LogP contribution in [-0.4, -0.2) is 12.1 Å². The van der Waals surface area contributed by atoms with E-state index >= 15 is 0 Å². The van der Waals surface area contributed by atoms with Crippen LogP contribution in [0.2, 0.25) is 0 Å². The average Bonchev–Trinajstić information content (AvgIpc) is 2.42. The summed E-state index contributed by atoms with van der Waals surface area (Å²) in [6.07, 6.45) is 4.32. The molecule has 106 valence electrons. The highest BCUT2D eigenvalue weighted by Gasteiger charge is 2.17. The van der Waals surface area contributed by atoms with E-state index < -0.39 is 0 Å². The number of carbonyl (C=O) groups is 1. The van der Waals surface area contributed by atoms with Crippen molar-refractivity contribution >= 4 is 5.97 Å². The van der Waals surface area contributed by atoms with E-state index in [2.05, 4.69) is 20.8 Å². The molecule has 0 bridgehead atoms. The van der Waals surface area contributed by atoms with E-state index in [0.29, 0.717) is 11.5 Å². The molecule has 2 nitrogen and oxygen atoms in total. The van der Waals surface area contributed by atoms with Crippen LogP contribution >= 0.6 is 0 Å². The lowest BCUT2D eigenvalue weighted by Crippen LogP contribution is -2.22. The standard InChI is InChI=1S/C17H26O2/c1-5-7-8-14-9-11-15(12-10-14)17(18)19-16(6-2)13(3)4/h9-13,16H,5-8H2,1-4H3. The molecular weight excluding hydrogens is 236 g/mol. The van der Waals surface area contributed by atoms with Gasteiger partial charge in [-0.05, 0) is 42.9 Å². The minimum Gasteiger partial charge on any atom is -0.459 e. The van der Waals surface area contributed by atoms with Crippen molar-refractivity contribution in [3.63, 3.8) is 0 Å². The Bertz CT molecular complexity index is 379. The maximum atomic E-state index is 12.0. The Morgan fingerprint density at radius 3 is 2.26 bits per heavy atom. The van der Waals surface area contributed by atoms with E-state index in [9.17, 15) is 4.79 Å². The second-order valence-electron chi connectivity index (χ2n) is 5.40. The Labute approximate surface area is 117 Å². The van der Waals surface area contributed by atoms with Crippen molar-refractivity contribution < 1.29 is 9.53 Å². The summed E-state index contributed by atoms with van der Waals surface area (Å²) in [4.78, 5) is 12.0. The van der Waals surface area contributed by atoms with Gasteiger partial charge in [0.05, 0.1) is 5.56 Å². The van der Waals surface area contributed by atoms with E-state index in [4.69, 9.17) is 4.74 Å². The van der Waals surface area contributed by atoms with E-state index in [-0.39, 0.29) is 12.1 Å².